The van der Waals surface area contributed by atoms with Crippen molar-refractivity contribution in [1.82, 2.24) is 10.2 Å². The Hall–Kier alpha value is -1.73. The van der Waals surface area contributed by atoms with Crippen molar-refractivity contribution < 1.29 is 13.2 Å². The molecule has 0 amide bonds. The Bertz CT molecular complexity index is 809. The van der Waals surface area contributed by atoms with Gasteiger partial charge in [-0.25, -0.2) is 8.42 Å². The van der Waals surface area contributed by atoms with E-state index in [0.717, 1.165) is 5.56 Å². The van der Waals surface area contributed by atoms with Crippen molar-refractivity contribution in [2.45, 2.75) is 32.6 Å². The van der Waals surface area contributed by atoms with Gasteiger partial charge in [-0.1, -0.05) is 11.6 Å². The predicted octanol–water partition coefficient (Wildman–Crippen LogP) is 3.11. The topological polar surface area (TPSA) is 84.1 Å². The van der Waals surface area contributed by atoms with Crippen LogP contribution in [0, 0.1) is 27.7 Å². The van der Waals surface area contributed by atoms with Crippen LogP contribution in [0.2, 0.25) is 5.02 Å². The van der Waals surface area contributed by atoms with Crippen LogP contribution in [0.3, 0.4) is 0 Å². The number of sulfonamides is 1. The number of methoxy groups -OCH3 is 1. The molecule has 6 nitrogen and oxygen atoms in total. The van der Waals surface area contributed by atoms with Gasteiger partial charge in [0.2, 0.25) is 0 Å². The number of aryl methyl sites for hydroxylation is 3. The van der Waals surface area contributed by atoms with Gasteiger partial charge in [-0.2, -0.15) is 5.10 Å². The second kappa shape index (κ2) is 5.81. The molecule has 0 atom stereocenters. The molecule has 120 valence electrons. The number of halogens is 1. The lowest BCUT2D eigenvalue weighted by molar-refractivity contribution is 0.416. The third-order valence-corrected chi connectivity index (χ3v) is 5.62. The smallest absolute Gasteiger partial charge is 0.265 e. The summed E-state index contributed by atoms with van der Waals surface area (Å²) in [5.74, 6) is 0.418. The molecule has 0 unspecified atom stereocenters. The van der Waals surface area contributed by atoms with E-state index in [9.17, 15) is 8.42 Å². The van der Waals surface area contributed by atoms with E-state index >= 15 is 0 Å². The van der Waals surface area contributed by atoms with Gasteiger partial charge in [0.05, 0.1) is 24.2 Å². The van der Waals surface area contributed by atoms with E-state index in [4.69, 9.17) is 16.3 Å². The van der Waals surface area contributed by atoms with Crippen LogP contribution in [0.4, 0.5) is 5.69 Å². The van der Waals surface area contributed by atoms with Gasteiger partial charge in [-0.05, 0) is 44.9 Å². The van der Waals surface area contributed by atoms with Gasteiger partial charge in [-0.3, -0.25) is 9.82 Å². The molecule has 0 aliphatic rings. The molecular formula is C14H18ClN3O3S. The van der Waals surface area contributed by atoms with Crippen LogP contribution in [0.1, 0.15) is 22.5 Å². The van der Waals surface area contributed by atoms with E-state index in [0.29, 0.717) is 33.4 Å². The molecule has 0 aliphatic heterocycles. The Kier molecular flexibility index (Phi) is 4.39. The van der Waals surface area contributed by atoms with Crippen LogP contribution < -0.4 is 9.46 Å². The standard InChI is InChI=1S/C14H18ClN3O3S/c1-7-6-11(21-5)13(8(2)12(7)15)18-22(19,20)14-9(3)16-17-10(14)4/h6,18H,1-5H3,(H,16,17). The first-order valence-corrected chi connectivity index (χ1v) is 8.43. The highest BCUT2D eigenvalue weighted by Crippen LogP contribution is 2.37. The second-order valence-electron chi connectivity index (χ2n) is 5.08. The first-order chi connectivity index (χ1) is 10.2. The first-order valence-electron chi connectivity index (χ1n) is 6.57. The first kappa shape index (κ1) is 16.6. The zero-order chi connectivity index (χ0) is 16.7. The van der Waals surface area contributed by atoms with Gasteiger partial charge in [0.1, 0.15) is 10.6 Å². The number of benzene rings is 1. The molecule has 22 heavy (non-hydrogen) atoms. The van der Waals surface area contributed by atoms with E-state index in [1.165, 1.54) is 7.11 Å². The largest absolute Gasteiger partial charge is 0.495 e. The average molecular weight is 344 g/mol. The summed E-state index contributed by atoms with van der Waals surface area (Å²) < 4.78 is 33.1. The Morgan fingerprint density at radius 1 is 1.27 bits per heavy atom. The van der Waals surface area contributed by atoms with E-state index in [1.54, 1.807) is 26.8 Å². The highest BCUT2D eigenvalue weighted by Gasteiger charge is 2.25. The minimum Gasteiger partial charge on any atom is -0.495 e. The minimum absolute atomic E-state index is 0.130. The van der Waals surface area contributed by atoms with Gasteiger partial charge in [0.25, 0.3) is 10.0 Å². The van der Waals surface area contributed by atoms with Crippen LogP contribution in [-0.2, 0) is 10.0 Å². The lowest BCUT2D eigenvalue weighted by atomic mass is 10.1. The average Bonchev–Trinajstić information content (AvgIpc) is 2.79. The highest BCUT2D eigenvalue weighted by molar-refractivity contribution is 7.92. The molecule has 0 spiro atoms. The third kappa shape index (κ3) is 2.78. The maximum atomic E-state index is 12.7. The van der Waals surface area contributed by atoms with E-state index < -0.39 is 10.0 Å². The lowest BCUT2D eigenvalue weighted by Crippen LogP contribution is -2.16. The number of hydrogen-bond acceptors (Lipinski definition) is 4. The van der Waals surface area contributed by atoms with Crippen molar-refractivity contribution >= 4 is 27.3 Å². The number of ether oxygens (including phenoxy) is 1. The van der Waals surface area contributed by atoms with E-state index in [-0.39, 0.29) is 4.90 Å². The Labute approximate surface area is 134 Å². The van der Waals surface area contributed by atoms with Crippen molar-refractivity contribution in [1.29, 1.82) is 0 Å². The lowest BCUT2D eigenvalue weighted by Gasteiger charge is -2.17. The Morgan fingerprint density at radius 2 is 1.91 bits per heavy atom. The zero-order valence-corrected chi connectivity index (χ0v) is 14.6. The summed E-state index contributed by atoms with van der Waals surface area (Å²) in [6, 6.07) is 1.70. The molecule has 2 rings (SSSR count). The molecule has 2 aromatic rings. The summed E-state index contributed by atoms with van der Waals surface area (Å²) in [4.78, 5) is 0.130. The molecule has 2 N–H and O–H groups in total. The fourth-order valence-electron chi connectivity index (χ4n) is 2.33. The van der Waals surface area contributed by atoms with Gasteiger partial charge < -0.3 is 4.74 Å². The molecule has 0 fully saturated rings. The molecule has 0 aliphatic carbocycles. The van der Waals surface area contributed by atoms with Crippen molar-refractivity contribution in [3.63, 3.8) is 0 Å². The van der Waals surface area contributed by atoms with Crippen molar-refractivity contribution in [3.05, 3.63) is 33.6 Å². The zero-order valence-electron chi connectivity index (χ0n) is 13.0. The number of aromatic nitrogens is 2. The van der Waals surface area contributed by atoms with Crippen LogP contribution in [-0.4, -0.2) is 25.7 Å². The number of anilines is 1. The quantitative estimate of drug-likeness (QED) is 0.893. The monoisotopic (exact) mass is 343 g/mol. The third-order valence-electron chi connectivity index (χ3n) is 3.43. The number of aromatic amines is 1. The predicted molar refractivity (Wildman–Crippen MR) is 86.3 cm³/mol. The summed E-state index contributed by atoms with van der Waals surface area (Å²) in [7, 11) is -2.32. The van der Waals surface area contributed by atoms with Gasteiger partial charge >= 0.3 is 0 Å². The number of H-pyrrole nitrogens is 1. The second-order valence-corrected chi connectivity index (χ2v) is 7.08. The van der Waals surface area contributed by atoms with Crippen molar-refractivity contribution in [2.24, 2.45) is 0 Å². The number of nitrogens with one attached hydrogen (secondary N) is 2. The Balaban J connectivity index is 2.58. The number of hydrogen-bond donors (Lipinski definition) is 2. The molecule has 0 saturated heterocycles. The van der Waals surface area contributed by atoms with Crippen molar-refractivity contribution in [3.8, 4) is 5.75 Å². The van der Waals surface area contributed by atoms with Crippen LogP contribution in [0.25, 0.3) is 0 Å². The van der Waals surface area contributed by atoms with Gasteiger partial charge in [-0.15, -0.1) is 0 Å². The number of nitrogens with zero attached hydrogens (tertiary/aromatic N) is 1. The van der Waals surface area contributed by atoms with Crippen LogP contribution >= 0.6 is 11.6 Å². The Morgan fingerprint density at radius 3 is 2.41 bits per heavy atom. The molecule has 1 aromatic carbocycles. The number of rotatable bonds is 4. The fraction of sp³-hybridized carbons (Fsp3) is 0.357. The molecule has 0 saturated carbocycles. The molecule has 1 aromatic heterocycles. The molecule has 8 heteroatoms. The van der Waals surface area contributed by atoms with Crippen molar-refractivity contribution in [2.75, 3.05) is 11.8 Å². The maximum Gasteiger partial charge on any atom is 0.265 e. The summed E-state index contributed by atoms with van der Waals surface area (Å²) in [5.41, 5.74) is 2.63. The summed E-state index contributed by atoms with van der Waals surface area (Å²) in [6.45, 7) is 6.86. The minimum atomic E-state index is -3.80. The van der Waals surface area contributed by atoms with E-state index in [1.807, 2.05) is 6.92 Å². The van der Waals surface area contributed by atoms with Gasteiger partial charge in [0.15, 0.2) is 0 Å². The summed E-state index contributed by atoms with van der Waals surface area (Å²) >= 11 is 6.22. The van der Waals surface area contributed by atoms with Gasteiger partial charge in [0, 0.05) is 5.02 Å². The summed E-state index contributed by atoms with van der Waals surface area (Å²) in [6.07, 6.45) is 0. The fourth-order valence-corrected chi connectivity index (χ4v) is 3.99. The maximum absolute atomic E-state index is 12.7. The van der Waals surface area contributed by atoms with Crippen LogP contribution in [0.5, 0.6) is 5.75 Å². The SMILES string of the molecule is COc1cc(C)c(Cl)c(C)c1NS(=O)(=O)c1c(C)n[nH]c1C. The molecule has 1 heterocycles. The summed E-state index contributed by atoms with van der Waals surface area (Å²) in [5, 5.41) is 7.08. The normalized spacial score (nSPS) is 11.5. The van der Waals surface area contributed by atoms with Crippen LogP contribution in [0.15, 0.2) is 11.0 Å². The van der Waals surface area contributed by atoms with E-state index in [2.05, 4.69) is 14.9 Å². The molecule has 0 radical (unpaired) electrons. The molecule has 0 bridgehead atoms. The molecular weight excluding hydrogens is 326 g/mol. The highest BCUT2D eigenvalue weighted by atomic mass is 35.5.